The Labute approximate surface area is 312 Å². The lowest BCUT2D eigenvalue weighted by molar-refractivity contribution is 0.749. The summed E-state index contributed by atoms with van der Waals surface area (Å²) >= 11 is 0. The Hall–Kier alpha value is -7.10. The largest absolute Gasteiger partial charge is 0.309 e. The number of nitrogens with zero attached hydrogens (tertiary/aromatic N) is 3. The zero-order valence-electron chi connectivity index (χ0n) is 29.2. The summed E-state index contributed by atoms with van der Waals surface area (Å²) in [4.78, 5) is 10.2. The third-order valence-corrected chi connectivity index (χ3v) is 11.8. The Kier molecular flexibility index (Phi) is 5.98. The van der Waals surface area contributed by atoms with Crippen molar-refractivity contribution in [3.8, 4) is 50.6 Å². The van der Waals surface area contributed by atoms with Gasteiger partial charge in [-0.25, -0.2) is 9.97 Å². The van der Waals surface area contributed by atoms with Crippen molar-refractivity contribution < 1.29 is 0 Å². The standard InChI is InChI=1S/C51H31N3/c1-2-15-32(16-3-1)50-52-45-26-11-6-22-39(45)48(53-50)34-18-14-17-33(29-34)35-30-40-38-21-7-12-27-46(38)54-47-28-13-10-25-43(47)51(44(31-35)49(40)54)41-23-8-4-19-36(41)37-20-5-9-24-42(37)51/h1-31H. The van der Waals surface area contributed by atoms with Crippen LogP contribution in [-0.2, 0) is 5.41 Å². The fraction of sp³-hybridized carbons (Fsp3) is 0.0196. The molecule has 0 unspecified atom stereocenters. The maximum absolute atomic E-state index is 5.23. The average Bonchev–Trinajstić information content (AvgIpc) is 3.74. The highest BCUT2D eigenvalue weighted by Gasteiger charge is 2.50. The van der Waals surface area contributed by atoms with E-state index in [2.05, 4.69) is 174 Å². The van der Waals surface area contributed by atoms with E-state index in [9.17, 15) is 0 Å². The van der Waals surface area contributed by atoms with Crippen LogP contribution in [0.3, 0.4) is 0 Å². The van der Waals surface area contributed by atoms with Gasteiger partial charge in [0.25, 0.3) is 0 Å². The van der Waals surface area contributed by atoms with Gasteiger partial charge in [-0.1, -0.05) is 152 Å². The quantitative estimate of drug-likeness (QED) is 0.185. The summed E-state index contributed by atoms with van der Waals surface area (Å²) in [6, 6.07) is 68.5. The average molecular weight is 686 g/mol. The summed E-state index contributed by atoms with van der Waals surface area (Å²) < 4.78 is 2.52. The molecule has 54 heavy (non-hydrogen) atoms. The molecule has 0 atom stereocenters. The molecule has 1 aliphatic heterocycles. The molecule has 1 spiro atoms. The Morgan fingerprint density at radius 2 is 1.02 bits per heavy atom. The first-order valence-corrected chi connectivity index (χ1v) is 18.6. The fourth-order valence-corrected chi connectivity index (χ4v) is 9.61. The smallest absolute Gasteiger partial charge is 0.160 e. The van der Waals surface area contributed by atoms with E-state index in [0.29, 0.717) is 0 Å². The molecule has 3 heteroatoms. The number of hydrogen-bond donors (Lipinski definition) is 0. The number of rotatable bonds is 3. The van der Waals surface area contributed by atoms with Crippen molar-refractivity contribution in [2.24, 2.45) is 0 Å². The van der Waals surface area contributed by atoms with Gasteiger partial charge in [0.15, 0.2) is 5.82 Å². The molecule has 0 bridgehead atoms. The minimum absolute atomic E-state index is 0.493. The molecule has 3 nitrogen and oxygen atoms in total. The van der Waals surface area contributed by atoms with Crippen LogP contribution >= 0.6 is 0 Å². The van der Waals surface area contributed by atoms with Crippen LogP contribution in [0.25, 0.3) is 83.3 Å². The first-order chi connectivity index (χ1) is 26.8. The summed E-state index contributed by atoms with van der Waals surface area (Å²) in [5, 5.41) is 3.56. The topological polar surface area (TPSA) is 30.7 Å². The molecule has 0 saturated carbocycles. The summed E-state index contributed by atoms with van der Waals surface area (Å²) in [7, 11) is 0. The lowest BCUT2D eigenvalue weighted by Gasteiger charge is -2.39. The maximum atomic E-state index is 5.23. The molecule has 3 heterocycles. The normalized spacial score (nSPS) is 13.3. The van der Waals surface area contributed by atoms with Crippen molar-refractivity contribution in [3.63, 3.8) is 0 Å². The van der Waals surface area contributed by atoms with Crippen LogP contribution in [0.5, 0.6) is 0 Å². The van der Waals surface area contributed by atoms with Crippen LogP contribution in [-0.4, -0.2) is 14.5 Å². The van der Waals surface area contributed by atoms with Crippen LogP contribution in [0.1, 0.15) is 22.3 Å². The van der Waals surface area contributed by atoms with Crippen molar-refractivity contribution in [1.29, 1.82) is 0 Å². The van der Waals surface area contributed by atoms with Gasteiger partial charge in [-0.05, 0) is 80.9 Å². The fourth-order valence-electron chi connectivity index (χ4n) is 9.61. The van der Waals surface area contributed by atoms with Gasteiger partial charge in [0.1, 0.15) is 0 Å². The van der Waals surface area contributed by atoms with Gasteiger partial charge in [-0.2, -0.15) is 0 Å². The molecule has 10 aromatic rings. The number of benzene rings is 8. The third-order valence-electron chi connectivity index (χ3n) is 11.8. The Morgan fingerprint density at radius 3 is 1.83 bits per heavy atom. The molecule has 0 saturated heterocycles. The van der Waals surface area contributed by atoms with Gasteiger partial charge < -0.3 is 4.57 Å². The second-order valence-corrected chi connectivity index (χ2v) is 14.5. The van der Waals surface area contributed by atoms with Crippen molar-refractivity contribution in [2.75, 3.05) is 0 Å². The van der Waals surface area contributed by atoms with E-state index in [-0.39, 0.29) is 0 Å². The lowest BCUT2D eigenvalue weighted by atomic mass is 9.65. The minimum atomic E-state index is -0.493. The number of fused-ring (bicyclic) bond motifs is 13. The zero-order valence-corrected chi connectivity index (χ0v) is 29.2. The third kappa shape index (κ3) is 3.85. The molecular formula is C51H31N3. The van der Waals surface area contributed by atoms with Crippen LogP contribution in [0.2, 0.25) is 0 Å². The Balaban J connectivity index is 1.17. The predicted molar refractivity (Wildman–Crippen MR) is 221 cm³/mol. The van der Waals surface area contributed by atoms with Gasteiger partial charge in [-0.15, -0.1) is 0 Å². The van der Waals surface area contributed by atoms with E-state index < -0.39 is 5.41 Å². The highest BCUT2D eigenvalue weighted by molar-refractivity contribution is 6.14. The van der Waals surface area contributed by atoms with Gasteiger partial charge in [0, 0.05) is 27.3 Å². The summed E-state index contributed by atoms with van der Waals surface area (Å²) in [6.07, 6.45) is 0. The molecule has 1 aliphatic carbocycles. The van der Waals surface area contributed by atoms with E-state index in [0.717, 1.165) is 39.1 Å². The van der Waals surface area contributed by atoms with E-state index >= 15 is 0 Å². The zero-order chi connectivity index (χ0) is 35.4. The second kappa shape index (κ2) is 11.0. The maximum Gasteiger partial charge on any atom is 0.160 e. The van der Waals surface area contributed by atoms with Gasteiger partial charge >= 0.3 is 0 Å². The molecule has 2 aliphatic rings. The van der Waals surface area contributed by atoms with Crippen molar-refractivity contribution in [1.82, 2.24) is 14.5 Å². The molecule has 12 rings (SSSR count). The predicted octanol–water partition coefficient (Wildman–Crippen LogP) is 12.4. The van der Waals surface area contributed by atoms with E-state index in [1.807, 2.05) is 18.2 Å². The summed E-state index contributed by atoms with van der Waals surface area (Å²) in [5.74, 6) is 0.729. The van der Waals surface area contributed by atoms with Crippen LogP contribution < -0.4 is 0 Å². The number of aromatic nitrogens is 3. The highest BCUT2D eigenvalue weighted by atomic mass is 15.0. The number of para-hydroxylation sites is 3. The van der Waals surface area contributed by atoms with Crippen molar-refractivity contribution in [2.45, 2.75) is 5.41 Å². The molecule has 0 N–H and O–H groups in total. The van der Waals surface area contributed by atoms with E-state index in [4.69, 9.17) is 9.97 Å². The summed E-state index contributed by atoms with van der Waals surface area (Å²) in [6.45, 7) is 0. The van der Waals surface area contributed by atoms with Gasteiger partial charge in [0.05, 0.1) is 33.3 Å². The SMILES string of the molecule is c1ccc(-c2nc(-c3cccc(-c4cc5c6c(c4)c4ccccc4n6-c4ccccc4C54c5ccccc5-c5ccccc54)c3)c3ccccc3n2)cc1. The molecule has 8 aromatic carbocycles. The molecule has 0 amide bonds. The van der Waals surface area contributed by atoms with Crippen LogP contribution in [0.4, 0.5) is 0 Å². The molecular weight excluding hydrogens is 655 g/mol. The summed E-state index contributed by atoms with van der Waals surface area (Å²) in [5.41, 5.74) is 17.4. The first-order valence-electron chi connectivity index (χ1n) is 18.6. The van der Waals surface area contributed by atoms with Crippen LogP contribution in [0, 0.1) is 0 Å². The molecule has 2 aromatic heterocycles. The van der Waals surface area contributed by atoms with E-state index in [1.54, 1.807) is 0 Å². The monoisotopic (exact) mass is 685 g/mol. The minimum Gasteiger partial charge on any atom is -0.309 e. The Bertz CT molecular complexity index is 3130. The highest BCUT2D eigenvalue weighted by Crippen LogP contribution is 2.61. The molecule has 0 radical (unpaired) electrons. The first kappa shape index (κ1) is 29.5. The van der Waals surface area contributed by atoms with Crippen molar-refractivity contribution >= 4 is 32.7 Å². The van der Waals surface area contributed by atoms with Gasteiger partial charge in [-0.3, -0.25) is 0 Å². The molecule has 250 valence electrons. The second-order valence-electron chi connectivity index (χ2n) is 14.5. The van der Waals surface area contributed by atoms with Gasteiger partial charge in [0.2, 0.25) is 0 Å². The lowest BCUT2D eigenvalue weighted by Crippen LogP contribution is -2.33. The van der Waals surface area contributed by atoms with E-state index in [1.165, 1.54) is 66.4 Å². The molecule has 0 fully saturated rings. The van der Waals surface area contributed by atoms with Crippen molar-refractivity contribution in [3.05, 3.63) is 210 Å². The number of hydrogen-bond acceptors (Lipinski definition) is 2. The Morgan fingerprint density at radius 1 is 0.389 bits per heavy atom. The van der Waals surface area contributed by atoms with Crippen LogP contribution in [0.15, 0.2) is 188 Å².